The molecule has 0 unspecified atom stereocenters. The van der Waals surface area contributed by atoms with Gasteiger partial charge in [0.1, 0.15) is 17.1 Å². The molecule has 0 radical (unpaired) electrons. The fourth-order valence-corrected chi connectivity index (χ4v) is 3.73. The lowest BCUT2D eigenvalue weighted by molar-refractivity contribution is -0.129. The SMILES string of the molecule is COCCN1C(=O)/C(=C\c2ccc(-c3ccc(Cl)c(C(=O)O)c3)o2)C(=O)N(c2ccccc2)C1=O. The van der Waals surface area contributed by atoms with Crippen molar-refractivity contribution < 1.29 is 33.4 Å². The Morgan fingerprint density at radius 1 is 1.06 bits per heavy atom. The highest BCUT2D eigenvalue weighted by atomic mass is 35.5. The van der Waals surface area contributed by atoms with Crippen LogP contribution in [0.25, 0.3) is 17.4 Å². The van der Waals surface area contributed by atoms with Crippen LogP contribution in [-0.4, -0.2) is 54.1 Å². The molecule has 1 aliphatic rings. The highest BCUT2D eigenvalue weighted by Gasteiger charge is 2.42. The minimum absolute atomic E-state index is 0.0474. The van der Waals surface area contributed by atoms with Crippen molar-refractivity contribution in [2.75, 3.05) is 25.2 Å². The Bertz CT molecular complexity index is 1350. The van der Waals surface area contributed by atoms with Gasteiger partial charge in [-0.2, -0.15) is 0 Å². The molecule has 0 spiro atoms. The first-order valence-corrected chi connectivity index (χ1v) is 10.8. The topological polar surface area (TPSA) is 117 Å². The molecule has 1 saturated heterocycles. The van der Waals surface area contributed by atoms with Crippen molar-refractivity contribution in [1.29, 1.82) is 0 Å². The molecule has 2 heterocycles. The number of furan rings is 1. The fourth-order valence-electron chi connectivity index (χ4n) is 3.53. The number of hydrogen-bond acceptors (Lipinski definition) is 6. The van der Waals surface area contributed by atoms with Crippen molar-refractivity contribution >= 4 is 47.2 Å². The summed E-state index contributed by atoms with van der Waals surface area (Å²) in [7, 11) is 1.44. The summed E-state index contributed by atoms with van der Waals surface area (Å²) in [4.78, 5) is 52.6. The first kappa shape index (κ1) is 23.9. The number of carbonyl (C=O) groups excluding carboxylic acids is 3. The first-order valence-electron chi connectivity index (χ1n) is 10.4. The highest BCUT2D eigenvalue weighted by molar-refractivity contribution is 6.39. The van der Waals surface area contributed by atoms with E-state index in [1.807, 2.05) is 0 Å². The van der Waals surface area contributed by atoms with Crippen molar-refractivity contribution in [3.63, 3.8) is 0 Å². The number of carboxylic acids is 1. The number of methoxy groups -OCH3 is 1. The number of imide groups is 2. The quantitative estimate of drug-likeness (QED) is 0.384. The number of aromatic carboxylic acids is 1. The Morgan fingerprint density at radius 2 is 1.80 bits per heavy atom. The zero-order valence-electron chi connectivity index (χ0n) is 18.4. The number of urea groups is 1. The fraction of sp³-hybridized carbons (Fsp3) is 0.120. The molecule has 1 aromatic heterocycles. The van der Waals surface area contributed by atoms with Gasteiger partial charge in [-0.15, -0.1) is 0 Å². The van der Waals surface area contributed by atoms with E-state index < -0.39 is 23.8 Å². The number of barbiturate groups is 1. The summed E-state index contributed by atoms with van der Waals surface area (Å²) in [6.07, 6.45) is 1.25. The number of ether oxygens (including phenoxy) is 1. The van der Waals surface area contributed by atoms with E-state index in [4.69, 9.17) is 20.8 Å². The van der Waals surface area contributed by atoms with Gasteiger partial charge < -0.3 is 14.3 Å². The number of carbonyl (C=O) groups is 4. The van der Waals surface area contributed by atoms with Gasteiger partial charge in [-0.3, -0.25) is 14.5 Å². The summed E-state index contributed by atoms with van der Waals surface area (Å²) in [5, 5.41) is 9.38. The molecule has 4 amide bonds. The van der Waals surface area contributed by atoms with E-state index >= 15 is 0 Å². The van der Waals surface area contributed by atoms with Crippen molar-refractivity contribution in [3.05, 3.63) is 82.6 Å². The first-order chi connectivity index (χ1) is 16.8. The number of anilines is 1. The Kier molecular flexibility index (Phi) is 6.81. The van der Waals surface area contributed by atoms with E-state index in [0.717, 1.165) is 9.80 Å². The largest absolute Gasteiger partial charge is 0.478 e. The zero-order valence-corrected chi connectivity index (χ0v) is 19.2. The lowest BCUT2D eigenvalue weighted by Gasteiger charge is -2.33. The molecular formula is C25H19ClN2O7. The number of hydrogen-bond donors (Lipinski definition) is 1. The molecule has 0 aliphatic carbocycles. The summed E-state index contributed by atoms with van der Waals surface area (Å²) < 4.78 is 10.8. The van der Waals surface area contributed by atoms with Crippen LogP contribution in [0.2, 0.25) is 5.02 Å². The third-order valence-corrected chi connectivity index (χ3v) is 5.59. The van der Waals surface area contributed by atoms with Crippen LogP contribution in [-0.2, 0) is 14.3 Å². The highest BCUT2D eigenvalue weighted by Crippen LogP contribution is 2.30. The van der Waals surface area contributed by atoms with Crippen LogP contribution in [0.4, 0.5) is 10.5 Å². The second-order valence-corrected chi connectivity index (χ2v) is 7.88. The van der Waals surface area contributed by atoms with Gasteiger partial charge in [0.25, 0.3) is 11.8 Å². The number of rotatable bonds is 7. The molecule has 4 rings (SSSR count). The molecule has 0 atom stereocenters. The molecule has 1 fully saturated rings. The molecule has 9 nitrogen and oxygen atoms in total. The molecule has 35 heavy (non-hydrogen) atoms. The number of para-hydroxylation sites is 1. The summed E-state index contributed by atoms with van der Waals surface area (Å²) in [5.41, 5.74) is 0.392. The van der Waals surface area contributed by atoms with E-state index in [-0.39, 0.29) is 35.1 Å². The van der Waals surface area contributed by atoms with Gasteiger partial charge in [0.15, 0.2) is 0 Å². The summed E-state index contributed by atoms with van der Waals surface area (Å²) in [5.74, 6) is -2.29. The smallest absolute Gasteiger partial charge is 0.338 e. The van der Waals surface area contributed by atoms with Crippen LogP contribution in [0.1, 0.15) is 16.1 Å². The van der Waals surface area contributed by atoms with Crippen molar-refractivity contribution in [2.24, 2.45) is 0 Å². The number of nitrogens with zero attached hydrogens (tertiary/aromatic N) is 2. The zero-order chi connectivity index (χ0) is 25.1. The second-order valence-electron chi connectivity index (χ2n) is 7.47. The van der Waals surface area contributed by atoms with E-state index in [2.05, 4.69) is 0 Å². The third-order valence-electron chi connectivity index (χ3n) is 5.26. The van der Waals surface area contributed by atoms with Crippen LogP contribution >= 0.6 is 11.6 Å². The van der Waals surface area contributed by atoms with Gasteiger partial charge in [0, 0.05) is 12.7 Å². The van der Waals surface area contributed by atoms with Gasteiger partial charge >= 0.3 is 12.0 Å². The van der Waals surface area contributed by atoms with Crippen molar-refractivity contribution in [3.8, 4) is 11.3 Å². The predicted molar refractivity (Wildman–Crippen MR) is 127 cm³/mol. The van der Waals surface area contributed by atoms with Gasteiger partial charge in [0.05, 0.1) is 29.4 Å². The Labute approximate surface area is 204 Å². The molecule has 178 valence electrons. The lowest BCUT2D eigenvalue weighted by atomic mass is 10.1. The Balaban J connectivity index is 1.72. The molecular weight excluding hydrogens is 476 g/mol. The van der Waals surface area contributed by atoms with Crippen LogP contribution in [0, 0.1) is 0 Å². The van der Waals surface area contributed by atoms with Crippen molar-refractivity contribution in [1.82, 2.24) is 4.90 Å². The molecule has 0 saturated carbocycles. The molecule has 2 aromatic carbocycles. The maximum absolute atomic E-state index is 13.2. The second kappa shape index (κ2) is 9.96. The minimum Gasteiger partial charge on any atom is -0.478 e. The van der Waals surface area contributed by atoms with Gasteiger partial charge in [-0.1, -0.05) is 29.8 Å². The van der Waals surface area contributed by atoms with E-state index in [0.29, 0.717) is 17.0 Å². The predicted octanol–water partition coefficient (Wildman–Crippen LogP) is 4.32. The molecule has 1 N–H and O–H groups in total. The molecule has 1 aliphatic heterocycles. The lowest BCUT2D eigenvalue weighted by Crippen LogP contribution is -2.57. The van der Waals surface area contributed by atoms with Crippen LogP contribution in [0.15, 0.2) is 70.7 Å². The van der Waals surface area contributed by atoms with E-state index in [9.17, 15) is 24.3 Å². The number of carboxylic acid groups (broad SMARTS) is 1. The standard InChI is InChI=1S/C25H19ClN2O7/c1-34-12-11-27-22(29)19(23(30)28(25(27)33)16-5-3-2-4-6-16)14-17-8-10-21(35-17)15-7-9-20(26)18(13-15)24(31)32/h2-10,13-14H,11-12H2,1H3,(H,31,32)/b19-14+. The van der Waals surface area contributed by atoms with Gasteiger partial charge in [0.2, 0.25) is 0 Å². The Hall–Kier alpha value is -4.21. The molecule has 10 heteroatoms. The monoisotopic (exact) mass is 494 g/mol. The third kappa shape index (κ3) is 4.72. The average Bonchev–Trinajstić information content (AvgIpc) is 3.31. The van der Waals surface area contributed by atoms with Crippen molar-refractivity contribution in [2.45, 2.75) is 0 Å². The van der Waals surface area contributed by atoms with Crippen LogP contribution in [0.3, 0.4) is 0 Å². The Morgan fingerprint density at radius 3 is 2.49 bits per heavy atom. The number of benzene rings is 2. The van der Waals surface area contributed by atoms with E-state index in [1.54, 1.807) is 42.5 Å². The summed E-state index contributed by atoms with van der Waals surface area (Å²) in [6.45, 7) is 0.0449. The minimum atomic E-state index is -1.19. The maximum atomic E-state index is 13.2. The molecule has 0 bridgehead atoms. The summed E-state index contributed by atoms with van der Waals surface area (Å²) in [6, 6.07) is 15.0. The average molecular weight is 495 g/mol. The van der Waals surface area contributed by atoms with E-state index in [1.165, 1.54) is 31.4 Å². The molecule has 3 aromatic rings. The van der Waals surface area contributed by atoms with Crippen LogP contribution < -0.4 is 4.90 Å². The van der Waals surface area contributed by atoms with Gasteiger partial charge in [-0.25, -0.2) is 14.5 Å². The maximum Gasteiger partial charge on any atom is 0.338 e. The van der Waals surface area contributed by atoms with Gasteiger partial charge in [-0.05, 0) is 48.5 Å². The van der Waals surface area contributed by atoms with Crippen LogP contribution in [0.5, 0.6) is 0 Å². The summed E-state index contributed by atoms with van der Waals surface area (Å²) >= 11 is 5.93. The number of amides is 4. The normalized spacial score (nSPS) is 15.3. The number of halogens is 1.